The van der Waals surface area contributed by atoms with Gasteiger partial charge in [0, 0.05) is 10.8 Å². The van der Waals surface area contributed by atoms with Gasteiger partial charge in [0.2, 0.25) is 0 Å². The fourth-order valence-corrected chi connectivity index (χ4v) is 2.92. The lowest BCUT2D eigenvalue weighted by molar-refractivity contribution is 0.667. The van der Waals surface area contributed by atoms with E-state index in [9.17, 15) is 0 Å². The molecule has 0 N–H and O–H groups in total. The Balaban J connectivity index is 2.17. The molecule has 20 heavy (non-hydrogen) atoms. The molecular formula is C19H16O. The van der Waals surface area contributed by atoms with Gasteiger partial charge in [-0.2, -0.15) is 0 Å². The van der Waals surface area contributed by atoms with Crippen LogP contribution in [0.25, 0.3) is 32.7 Å². The number of furan rings is 1. The lowest BCUT2D eigenvalue weighted by Crippen LogP contribution is -1.85. The van der Waals surface area contributed by atoms with Crippen molar-refractivity contribution in [2.24, 2.45) is 0 Å². The zero-order valence-electron chi connectivity index (χ0n) is 11.7. The first kappa shape index (κ1) is 11.5. The summed E-state index contributed by atoms with van der Waals surface area (Å²) in [5, 5.41) is 4.96. The van der Waals surface area contributed by atoms with Crippen molar-refractivity contribution in [2.75, 3.05) is 0 Å². The van der Waals surface area contributed by atoms with Crippen molar-refractivity contribution < 1.29 is 4.42 Å². The van der Waals surface area contributed by atoms with Crippen molar-refractivity contribution >= 4 is 32.7 Å². The van der Waals surface area contributed by atoms with Crippen LogP contribution in [-0.2, 0) is 0 Å². The molecule has 1 aromatic heterocycles. The van der Waals surface area contributed by atoms with E-state index in [-0.39, 0.29) is 0 Å². The average molecular weight is 260 g/mol. The van der Waals surface area contributed by atoms with Crippen LogP contribution >= 0.6 is 0 Å². The Bertz CT molecular complexity index is 928. The largest absolute Gasteiger partial charge is 0.456 e. The molecule has 0 bridgehead atoms. The van der Waals surface area contributed by atoms with Gasteiger partial charge >= 0.3 is 0 Å². The zero-order chi connectivity index (χ0) is 13.7. The monoisotopic (exact) mass is 260 g/mol. The van der Waals surface area contributed by atoms with Crippen molar-refractivity contribution in [3.63, 3.8) is 0 Å². The smallest absolute Gasteiger partial charge is 0.136 e. The molecule has 4 rings (SSSR count). The standard InChI is InChI=1S/C19H16O/c1-12(2)14-7-9-16-18(11-14)20-17-10-8-13-5-3-4-6-15(13)19(16)17/h3-12H,1-2H3. The second-order valence-corrected chi connectivity index (χ2v) is 5.67. The van der Waals surface area contributed by atoms with E-state index in [0.717, 1.165) is 11.2 Å². The topological polar surface area (TPSA) is 13.1 Å². The molecule has 0 aliphatic carbocycles. The summed E-state index contributed by atoms with van der Waals surface area (Å²) in [5.41, 5.74) is 3.28. The number of fused-ring (bicyclic) bond motifs is 5. The van der Waals surface area contributed by atoms with Gasteiger partial charge in [-0.1, -0.05) is 56.3 Å². The Hall–Kier alpha value is -2.28. The summed E-state index contributed by atoms with van der Waals surface area (Å²) in [6, 6.07) is 19.3. The van der Waals surface area contributed by atoms with Crippen LogP contribution in [-0.4, -0.2) is 0 Å². The molecule has 0 aliphatic heterocycles. The van der Waals surface area contributed by atoms with Crippen LogP contribution in [0.1, 0.15) is 25.3 Å². The molecule has 0 aliphatic rings. The average Bonchev–Trinajstić information content (AvgIpc) is 2.85. The van der Waals surface area contributed by atoms with E-state index < -0.39 is 0 Å². The Morgan fingerprint density at radius 3 is 2.50 bits per heavy atom. The fourth-order valence-electron chi connectivity index (χ4n) is 2.92. The van der Waals surface area contributed by atoms with Crippen LogP contribution in [0.5, 0.6) is 0 Å². The zero-order valence-corrected chi connectivity index (χ0v) is 11.7. The van der Waals surface area contributed by atoms with Gasteiger partial charge in [-0.25, -0.2) is 0 Å². The maximum atomic E-state index is 6.05. The second kappa shape index (κ2) is 4.11. The number of benzene rings is 3. The summed E-state index contributed by atoms with van der Waals surface area (Å²) in [6.45, 7) is 4.42. The van der Waals surface area contributed by atoms with Gasteiger partial charge in [0.25, 0.3) is 0 Å². The predicted octanol–water partition coefficient (Wildman–Crippen LogP) is 5.86. The Morgan fingerprint density at radius 2 is 1.65 bits per heavy atom. The van der Waals surface area contributed by atoms with Crippen LogP contribution in [0.15, 0.2) is 59.0 Å². The van der Waals surface area contributed by atoms with Gasteiger partial charge in [-0.05, 0) is 34.4 Å². The SMILES string of the molecule is CC(C)c1ccc2c(c1)oc1ccc3ccccc3c12. The quantitative estimate of drug-likeness (QED) is 0.417. The number of hydrogen-bond donors (Lipinski definition) is 0. The summed E-state index contributed by atoms with van der Waals surface area (Å²) in [5.74, 6) is 0.518. The highest BCUT2D eigenvalue weighted by Gasteiger charge is 2.11. The third-order valence-electron chi connectivity index (χ3n) is 4.05. The summed E-state index contributed by atoms with van der Waals surface area (Å²) < 4.78 is 6.05. The van der Waals surface area contributed by atoms with E-state index in [1.54, 1.807) is 0 Å². The van der Waals surface area contributed by atoms with Crippen LogP contribution in [0.4, 0.5) is 0 Å². The first-order chi connectivity index (χ1) is 9.74. The lowest BCUT2D eigenvalue weighted by atomic mass is 10.00. The van der Waals surface area contributed by atoms with E-state index in [2.05, 4.69) is 68.4 Å². The highest BCUT2D eigenvalue weighted by Crippen LogP contribution is 2.35. The summed E-state index contributed by atoms with van der Waals surface area (Å²) in [4.78, 5) is 0. The maximum Gasteiger partial charge on any atom is 0.136 e. The summed E-state index contributed by atoms with van der Waals surface area (Å²) in [7, 11) is 0. The molecule has 0 radical (unpaired) electrons. The molecule has 0 atom stereocenters. The first-order valence-corrected chi connectivity index (χ1v) is 7.08. The first-order valence-electron chi connectivity index (χ1n) is 7.08. The Kier molecular flexibility index (Phi) is 2.37. The molecule has 0 fully saturated rings. The molecular weight excluding hydrogens is 244 g/mol. The molecule has 1 heterocycles. The minimum absolute atomic E-state index is 0.518. The van der Waals surface area contributed by atoms with E-state index in [0.29, 0.717) is 5.92 Å². The number of rotatable bonds is 1. The van der Waals surface area contributed by atoms with Gasteiger partial charge in [-0.15, -0.1) is 0 Å². The van der Waals surface area contributed by atoms with Crippen LogP contribution in [0, 0.1) is 0 Å². The Labute approximate surface area is 117 Å². The number of hydrogen-bond acceptors (Lipinski definition) is 1. The second-order valence-electron chi connectivity index (χ2n) is 5.67. The molecule has 0 saturated carbocycles. The molecule has 1 nitrogen and oxygen atoms in total. The van der Waals surface area contributed by atoms with E-state index >= 15 is 0 Å². The summed E-state index contributed by atoms with van der Waals surface area (Å²) in [6.07, 6.45) is 0. The van der Waals surface area contributed by atoms with Crippen LogP contribution in [0.2, 0.25) is 0 Å². The third-order valence-corrected chi connectivity index (χ3v) is 4.05. The van der Waals surface area contributed by atoms with Gasteiger partial charge in [0.05, 0.1) is 0 Å². The van der Waals surface area contributed by atoms with E-state index in [1.807, 2.05) is 0 Å². The van der Waals surface area contributed by atoms with Crippen LogP contribution in [0.3, 0.4) is 0 Å². The van der Waals surface area contributed by atoms with Crippen molar-refractivity contribution in [1.82, 2.24) is 0 Å². The predicted molar refractivity (Wildman–Crippen MR) is 85.3 cm³/mol. The molecule has 4 aromatic rings. The highest BCUT2D eigenvalue weighted by molar-refractivity contribution is 6.18. The van der Waals surface area contributed by atoms with Crippen molar-refractivity contribution in [3.05, 3.63) is 60.2 Å². The molecule has 1 heteroatoms. The maximum absolute atomic E-state index is 6.05. The van der Waals surface area contributed by atoms with E-state index in [1.165, 1.54) is 27.1 Å². The lowest BCUT2D eigenvalue weighted by Gasteiger charge is -2.03. The molecule has 0 spiro atoms. The van der Waals surface area contributed by atoms with Gasteiger partial charge in [-0.3, -0.25) is 0 Å². The molecule has 0 saturated heterocycles. The van der Waals surface area contributed by atoms with Crippen molar-refractivity contribution in [2.45, 2.75) is 19.8 Å². The fraction of sp³-hybridized carbons (Fsp3) is 0.158. The Morgan fingerprint density at radius 1 is 0.800 bits per heavy atom. The van der Waals surface area contributed by atoms with E-state index in [4.69, 9.17) is 4.42 Å². The van der Waals surface area contributed by atoms with Crippen molar-refractivity contribution in [1.29, 1.82) is 0 Å². The molecule has 0 amide bonds. The van der Waals surface area contributed by atoms with Crippen molar-refractivity contribution in [3.8, 4) is 0 Å². The minimum Gasteiger partial charge on any atom is -0.456 e. The third kappa shape index (κ3) is 1.56. The minimum atomic E-state index is 0.518. The van der Waals surface area contributed by atoms with Crippen LogP contribution < -0.4 is 0 Å². The normalized spacial score (nSPS) is 11.9. The molecule has 3 aromatic carbocycles. The molecule has 98 valence electrons. The highest BCUT2D eigenvalue weighted by atomic mass is 16.3. The molecule has 0 unspecified atom stereocenters. The van der Waals surface area contributed by atoms with Gasteiger partial charge in [0.15, 0.2) is 0 Å². The van der Waals surface area contributed by atoms with Gasteiger partial charge in [0.1, 0.15) is 11.2 Å². The summed E-state index contributed by atoms with van der Waals surface area (Å²) >= 11 is 0. The van der Waals surface area contributed by atoms with Gasteiger partial charge < -0.3 is 4.42 Å².